The highest BCUT2D eigenvalue weighted by atomic mass is 31.2. The SMILES string of the molecule is CCC(C)CCCCCCCCCCC(=O)OC[C@H](COP(=O)(O)OC[C@H](O)COP(=O)(O)OC[C@@H](COC(=O)CCCCCCCCCCCCCCC(C)C)OC(=O)CCCCCCCCCCCCCCCCC(C)C)OC(=O)CCCCCCCCCCCCCCC(C)C. The van der Waals surface area contributed by atoms with Crippen LogP contribution in [0.4, 0.5) is 0 Å². The van der Waals surface area contributed by atoms with Crippen molar-refractivity contribution >= 4 is 39.5 Å². The second-order valence-electron chi connectivity index (χ2n) is 30.5. The molecule has 0 heterocycles. The van der Waals surface area contributed by atoms with Crippen molar-refractivity contribution in [3.8, 4) is 0 Å². The molecule has 99 heavy (non-hydrogen) atoms. The van der Waals surface area contributed by atoms with Crippen molar-refractivity contribution in [2.24, 2.45) is 23.7 Å². The number of hydrogen-bond donors (Lipinski definition) is 3. The van der Waals surface area contributed by atoms with Gasteiger partial charge in [0.2, 0.25) is 0 Å². The summed E-state index contributed by atoms with van der Waals surface area (Å²) in [5, 5.41) is 10.6. The van der Waals surface area contributed by atoms with Gasteiger partial charge in [-0.2, -0.15) is 0 Å². The van der Waals surface area contributed by atoms with Gasteiger partial charge in [0.05, 0.1) is 26.4 Å². The quantitative estimate of drug-likeness (QED) is 0.0222. The van der Waals surface area contributed by atoms with E-state index in [9.17, 15) is 43.2 Å². The minimum absolute atomic E-state index is 0.106. The largest absolute Gasteiger partial charge is 0.472 e. The molecular weight excluding hydrogens is 1290 g/mol. The molecule has 3 unspecified atom stereocenters. The van der Waals surface area contributed by atoms with Crippen LogP contribution in [0.1, 0.15) is 409 Å². The van der Waals surface area contributed by atoms with E-state index in [-0.39, 0.29) is 25.7 Å². The number of aliphatic hydroxyl groups excluding tert-OH is 1. The van der Waals surface area contributed by atoms with Crippen LogP contribution in [0.5, 0.6) is 0 Å². The molecule has 19 heteroatoms. The lowest BCUT2D eigenvalue weighted by atomic mass is 9.99. The molecule has 0 aromatic heterocycles. The summed E-state index contributed by atoms with van der Waals surface area (Å²) in [5.41, 5.74) is 0. The van der Waals surface area contributed by atoms with Crippen LogP contribution in [0.25, 0.3) is 0 Å². The third-order valence-electron chi connectivity index (χ3n) is 18.9. The van der Waals surface area contributed by atoms with Gasteiger partial charge in [-0.15, -0.1) is 0 Å². The molecule has 0 amide bonds. The Morgan fingerprint density at radius 3 is 0.717 bits per heavy atom. The average molecular weight is 1450 g/mol. The molecule has 0 aliphatic heterocycles. The molecule has 0 aliphatic rings. The van der Waals surface area contributed by atoms with Crippen molar-refractivity contribution in [1.82, 2.24) is 0 Å². The standard InChI is InChI=1S/C80H156O17P2/c1-9-73(8)59-51-43-35-30-31-37-45-53-61-78(83)91-67-76(97-80(85)63-55-47-39-29-23-17-15-20-26-34-42-50-58-72(6)7)69-95-99(88,89)93-65-74(81)64-92-98(86,87)94-68-75(66-90-77(82)60-52-44-36-27-21-16-14-19-25-33-41-49-57-71(4)5)96-79(84)62-54-46-38-28-22-13-11-10-12-18-24-32-40-48-56-70(2)3/h70-76,81H,9-69H2,1-8H3,(H,86,87)(H,88,89)/t73?,74-,75-,76-/m1/s1. The zero-order valence-corrected chi connectivity index (χ0v) is 66.9. The first-order valence-electron chi connectivity index (χ1n) is 41.2. The second-order valence-corrected chi connectivity index (χ2v) is 33.4. The Morgan fingerprint density at radius 2 is 0.485 bits per heavy atom. The maximum absolute atomic E-state index is 13.1. The summed E-state index contributed by atoms with van der Waals surface area (Å²) in [6.07, 6.45) is 55.3. The molecule has 0 rings (SSSR count). The van der Waals surface area contributed by atoms with Crippen LogP contribution < -0.4 is 0 Å². The van der Waals surface area contributed by atoms with Gasteiger partial charge in [-0.05, 0) is 49.4 Å². The number of phosphoric ester groups is 2. The fourth-order valence-electron chi connectivity index (χ4n) is 12.2. The Kier molecular flexibility index (Phi) is 67.8. The lowest BCUT2D eigenvalue weighted by Crippen LogP contribution is -2.30. The molecule has 6 atom stereocenters. The number of rotatable bonds is 77. The van der Waals surface area contributed by atoms with Crippen LogP contribution in [0.2, 0.25) is 0 Å². The molecule has 3 N–H and O–H groups in total. The first kappa shape index (κ1) is 97.1. The van der Waals surface area contributed by atoms with Crippen molar-refractivity contribution < 1.29 is 80.2 Å². The highest BCUT2D eigenvalue weighted by Crippen LogP contribution is 2.45. The van der Waals surface area contributed by atoms with Crippen LogP contribution >= 0.6 is 15.6 Å². The first-order valence-corrected chi connectivity index (χ1v) is 44.2. The molecule has 0 fully saturated rings. The van der Waals surface area contributed by atoms with Gasteiger partial charge < -0.3 is 33.8 Å². The van der Waals surface area contributed by atoms with Gasteiger partial charge in [-0.25, -0.2) is 9.13 Å². The van der Waals surface area contributed by atoms with E-state index < -0.39 is 97.5 Å². The van der Waals surface area contributed by atoms with Gasteiger partial charge in [0, 0.05) is 25.7 Å². The average Bonchev–Trinajstić information content (AvgIpc) is 1.10. The minimum Gasteiger partial charge on any atom is -0.462 e. The van der Waals surface area contributed by atoms with E-state index >= 15 is 0 Å². The van der Waals surface area contributed by atoms with Crippen LogP contribution in [0, 0.1) is 23.7 Å². The monoisotopic (exact) mass is 1450 g/mol. The summed E-state index contributed by atoms with van der Waals surface area (Å²) >= 11 is 0. The Morgan fingerprint density at radius 1 is 0.283 bits per heavy atom. The molecule has 0 radical (unpaired) electrons. The number of carbonyl (C=O) groups is 4. The van der Waals surface area contributed by atoms with E-state index in [4.69, 9.17) is 37.0 Å². The highest BCUT2D eigenvalue weighted by Gasteiger charge is 2.30. The van der Waals surface area contributed by atoms with Crippen molar-refractivity contribution in [2.75, 3.05) is 39.6 Å². The Bertz CT molecular complexity index is 1940. The second kappa shape index (κ2) is 69.1. The summed E-state index contributed by atoms with van der Waals surface area (Å²) in [6.45, 7) is 14.3. The van der Waals surface area contributed by atoms with Crippen molar-refractivity contribution in [2.45, 2.75) is 427 Å². The smallest absolute Gasteiger partial charge is 0.462 e. The molecule has 588 valence electrons. The van der Waals surface area contributed by atoms with Crippen LogP contribution in [0.3, 0.4) is 0 Å². The lowest BCUT2D eigenvalue weighted by Gasteiger charge is -2.21. The fraction of sp³-hybridized carbons (Fsp3) is 0.950. The molecule has 0 bridgehead atoms. The third-order valence-corrected chi connectivity index (χ3v) is 20.8. The van der Waals surface area contributed by atoms with E-state index in [2.05, 4.69) is 55.4 Å². The van der Waals surface area contributed by atoms with Gasteiger partial charge in [0.25, 0.3) is 0 Å². The van der Waals surface area contributed by atoms with Crippen LogP contribution in [0.15, 0.2) is 0 Å². The number of ether oxygens (including phenoxy) is 4. The topological polar surface area (TPSA) is 237 Å². The van der Waals surface area contributed by atoms with E-state index in [0.29, 0.717) is 25.7 Å². The zero-order valence-electron chi connectivity index (χ0n) is 65.1. The third kappa shape index (κ3) is 72.8. The summed E-state index contributed by atoms with van der Waals surface area (Å²) in [4.78, 5) is 73.0. The molecule has 0 aromatic rings. The molecule has 0 spiro atoms. The van der Waals surface area contributed by atoms with Gasteiger partial charge in [0.15, 0.2) is 12.2 Å². The Labute approximate surface area is 607 Å². The maximum atomic E-state index is 13.1. The van der Waals surface area contributed by atoms with Gasteiger partial charge in [-0.3, -0.25) is 37.3 Å². The minimum atomic E-state index is -4.96. The predicted octanol–water partition coefficient (Wildman–Crippen LogP) is 23.6. The van der Waals surface area contributed by atoms with Gasteiger partial charge in [-0.1, -0.05) is 357 Å². The van der Waals surface area contributed by atoms with Crippen molar-refractivity contribution in [3.63, 3.8) is 0 Å². The zero-order chi connectivity index (χ0) is 73.1. The molecule has 17 nitrogen and oxygen atoms in total. The molecular formula is C80H156O17P2. The fourth-order valence-corrected chi connectivity index (χ4v) is 13.8. The summed E-state index contributed by atoms with van der Waals surface area (Å²) in [5.74, 6) is 1.02. The summed E-state index contributed by atoms with van der Waals surface area (Å²) in [7, 11) is -9.92. The van der Waals surface area contributed by atoms with E-state index in [0.717, 1.165) is 114 Å². The number of aliphatic hydroxyl groups is 1. The maximum Gasteiger partial charge on any atom is 0.472 e. The summed E-state index contributed by atoms with van der Waals surface area (Å²) in [6, 6.07) is 0. The van der Waals surface area contributed by atoms with Crippen LogP contribution in [-0.4, -0.2) is 96.7 Å². The number of phosphoric acid groups is 2. The van der Waals surface area contributed by atoms with E-state index in [1.807, 2.05) is 0 Å². The molecule has 0 aromatic carbocycles. The van der Waals surface area contributed by atoms with E-state index in [1.54, 1.807) is 0 Å². The Balaban J connectivity index is 5.28. The van der Waals surface area contributed by atoms with E-state index in [1.165, 1.54) is 212 Å². The predicted molar refractivity (Wildman–Crippen MR) is 404 cm³/mol. The normalized spacial score (nSPS) is 14.3. The number of esters is 4. The van der Waals surface area contributed by atoms with Gasteiger partial charge >= 0.3 is 39.5 Å². The number of carbonyl (C=O) groups excluding carboxylic acids is 4. The van der Waals surface area contributed by atoms with Crippen LogP contribution in [-0.2, 0) is 65.4 Å². The number of unbranched alkanes of at least 4 members (excludes halogenated alkanes) is 42. The van der Waals surface area contributed by atoms with Gasteiger partial charge in [0.1, 0.15) is 19.3 Å². The van der Waals surface area contributed by atoms with Crippen molar-refractivity contribution in [3.05, 3.63) is 0 Å². The first-order chi connectivity index (χ1) is 47.6. The Hall–Kier alpha value is -1.94. The highest BCUT2D eigenvalue weighted by molar-refractivity contribution is 7.47. The lowest BCUT2D eigenvalue weighted by molar-refractivity contribution is -0.161. The molecule has 0 saturated carbocycles. The van der Waals surface area contributed by atoms with Crippen molar-refractivity contribution in [1.29, 1.82) is 0 Å². The molecule has 0 saturated heterocycles. The summed E-state index contributed by atoms with van der Waals surface area (Å²) < 4.78 is 68.7. The number of hydrogen-bond acceptors (Lipinski definition) is 15. The molecule has 0 aliphatic carbocycles.